The highest BCUT2D eigenvalue weighted by Gasteiger charge is 2.26. The number of aromatic nitrogens is 1. The SMILES string of the molecule is CC(=O)NCCOC(=O)c1c2c(nc3ccccc13)/C(=C/c1ccco1)CCC2. The van der Waals surface area contributed by atoms with E-state index in [2.05, 4.69) is 5.32 Å². The van der Waals surface area contributed by atoms with E-state index in [1.807, 2.05) is 42.5 Å². The Bertz CT molecular complexity index is 1080. The molecule has 0 radical (unpaired) electrons. The van der Waals surface area contributed by atoms with Crippen molar-refractivity contribution in [2.24, 2.45) is 0 Å². The predicted molar refractivity (Wildman–Crippen MR) is 110 cm³/mol. The molecule has 3 aromatic rings. The molecule has 0 saturated heterocycles. The van der Waals surface area contributed by atoms with E-state index >= 15 is 0 Å². The van der Waals surface area contributed by atoms with Crippen LogP contribution in [0.1, 0.15) is 47.1 Å². The number of para-hydroxylation sites is 1. The maximum Gasteiger partial charge on any atom is 0.339 e. The van der Waals surface area contributed by atoms with Crippen LogP contribution in [0, 0.1) is 0 Å². The number of hydrogen-bond acceptors (Lipinski definition) is 5. The molecule has 6 nitrogen and oxygen atoms in total. The van der Waals surface area contributed by atoms with Gasteiger partial charge in [-0.05, 0) is 54.7 Å². The molecule has 2 heterocycles. The number of allylic oxidation sites excluding steroid dienone is 1. The van der Waals surface area contributed by atoms with Gasteiger partial charge in [0.15, 0.2) is 0 Å². The van der Waals surface area contributed by atoms with Gasteiger partial charge in [0.25, 0.3) is 0 Å². The third-order valence-electron chi connectivity index (χ3n) is 4.94. The maximum atomic E-state index is 13.0. The topological polar surface area (TPSA) is 81.4 Å². The molecule has 1 amide bonds. The number of nitrogens with zero attached hydrogens (tertiary/aromatic N) is 1. The van der Waals surface area contributed by atoms with Crippen molar-refractivity contribution in [2.75, 3.05) is 13.2 Å². The van der Waals surface area contributed by atoms with E-state index in [1.165, 1.54) is 6.92 Å². The van der Waals surface area contributed by atoms with Crippen LogP contribution in [0.5, 0.6) is 0 Å². The van der Waals surface area contributed by atoms with Gasteiger partial charge in [-0.3, -0.25) is 4.79 Å². The number of benzene rings is 1. The third kappa shape index (κ3) is 4.06. The molecule has 0 bridgehead atoms. The zero-order valence-corrected chi connectivity index (χ0v) is 16.2. The molecule has 0 saturated carbocycles. The number of carbonyl (C=O) groups excluding carboxylic acids is 2. The second-order valence-corrected chi connectivity index (χ2v) is 6.99. The molecule has 148 valence electrons. The molecule has 1 aromatic carbocycles. The normalized spacial score (nSPS) is 14.6. The smallest absolute Gasteiger partial charge is 0.339 e. The van der Waals surface area contributed by atoms with Gasteiger partial charge in [-0.2, -0.15) is 0 Å². The van der Waals surface area contributed by atoms with Crippen molar-refractivity contribution in [1.29, 1.82) is 0 Å². The molecular weight excluding hydrogens is 368 g/mol. The summed E-state index contributed by atoms with van der Waals surface area (Å²) < 4.78 is 10.9. The van der Waals surface area contributed by atoms with Crippen LogP contribution in [0.4, 0.5) is 0 Å². The van der Waals surface area contributed by atoms with Crippen LogP contribution in [-0.2, 0) is 16.0 Å². The van der Waals surface area contributed by atoms with Crippen LogP contribution in [-0.4, -0.2) is 30.0 Å². The molecule has 0 spiro atoms. The zero-order chi connectivity index (χ0) is 20.2. The summed E-state index contributed by atoms with van der Waals surface area (Å²) in [5.74, 6) is 0.229. The standard InChI is InChI=1S/C23H22N2O4/c1-15(26)24-11-13-29-23(27)21-18-8-2-3-10-20(18)25-22-16(6-4-9-19(21)22)14-17-7-5-12-28-17/h2-3,5,7-8,10,12,14H,4,6,9,11,13H2,1H3,(H,24,26)/b16-14+. The molecule has 0 aliphatic heterocycles. The molecule has 1 aliphatic rings. The van der Waals surface area contributed by atoms with E-state index in [1.54, 1.807) is 6.26 Å². The zero-order valence-electron chi connectivity index (χ0n) is 16.2. The molecule has 0 fully saturated rings. The Kier molecular flexibility index (Phi) is 5.42. The molecule has 1 aliphatic carbocycles. The lowest BCUT2D eigenvalue weighted by molar-refractivity contribution is -0.119. The Hall–Kier alpha value is -3.41. The van der Waals surface area contributed by atoms with E-state index in [9.17, 15) is 9.59 Å². The fourth-order valence-electron chi connectivity index (χ4n) is 3.70. The monoisotopic (exact) mass is 390 g/mol. The van der Waals surface area contributed by atoms with Gasteiger partial charge in [-0.1, -0.05) is 18.2 Å². The summed E-state index contributed by atoms with van der Waals surface area (Å²) in [6.07, 6.45) is 6.19. The number of rotatable bonds is 5. The first-order valence-electron chi connectivity index (χ1n) is 9.71. The minimum absolute atomic E-state index is 0.124. The highest BCUT2D eigenvalue weighted by molar-refractivity contribution is 6.06. The summed E-state index contributed by atoms with van der Waals surface area (Å²) in [5, 5.41) is 3.42. The van der Waals surface area contributed by atoms with Crippen LogP contribution in [0.25, 0.3) is 22.6 Å². The maximum absolute atomic E-state index is 13.0. The average Bonchev–Trinajstić information content (AvgIpc) is 3.22. The van der Waals surface area contributed by atoms with E-state index in [0.29, 0.717) is 5.56 Å². The number of carbonyl (C=O) groups is 2. The van der Waals surface area contributed by atoms with Crippen molar-refractivity contribution in [3.63, 3.8) is 0 Å². The van der Waals surface area contributed by atoms with Crippen molar-refractivity contribution < 1.29 is 18.7 Å². The lowest BCUT2D eigenvalue weighted by Gasteiger charge is -2.22. The minimum atomic E-state index is -0.385. The van der Waals surface area contributed by atoms with E-state index in [0.717, 1.165) is 52.8 Å². The van der Waals surface area contributed by atoms with E-state index in [-0.39, 0.29) is 25.0 Å². The van der Waals surface area contributed by atoms with Crippen molar-refractivity contribution in [3.8, 4) is 0 Å². The molecule has 4 rings (SSSR count). The van der Waals surface area contributed by atoms with Crippen LogP contribution < -0.4 is 5.32 Å². The van der Waals surface area contributed by atoms with Crippen molar-refractivity contribution in [2.45, 2.75) is 26.2 Å². The van der Waals surface area contributed by atoms with Gasteiger partial charge in [0.05, 0.1) is 29.6 Å². The van der Waals surface area contributed by atoms with Gasteiger partial charge in [-0.15, -0.1) is 0 Å². The summed E-state index contributed by atoms with van der Waals surface area (Å²) >= 11 is 0. The quantitative estimate of drug-likeness (QED) is 0.526. The average molecular weight is 390 g/mol. The molecule has 0 unspecified atom stereocenters. The number of ether oxygens (including phenoxy) is 1. The highest BCUT2D eigenvalue weighted by Crippen LogP contribution is 2.36. The predicted octanol–water partition coefficient (Wildman–Crippen LogP) is 4.00. The summed E-state index contributed by atoms with van der Waals surface area (Å²) in [4.78, 5) is 28.9. The van der Waals surface area contributed by atoms with Crippen LogP contribution in [0.15, 0.2) is 47.1 Å². The van der Waals surface area contributed by atoms with Crippen LogP contribution in [0.2, 0.25) is 0 Å². The number of amides is 1. The van der Waals surface area contributed by atoms with Crippen LogP contribution in [0.3, 0.4) is 0 Å². The number of fused-ring (bicyclic) bond motifs is 2. The van der Waals surface area contributed by atoms with Crippen LogP contribution >= 0.6 is 0 Å². The first-order chi connectivity index (χ1) is 14.1. The molecule has 29 heavy (non-hydrogen) atoms. The largest absolute Gasteiger partial charge is 0.465 e. The Morgan fingerprint density at radius 2 is 2.07 bits per heavy atom. The number of hydrogen-bond donors (Lipinski definition) is 1. The van der Waals surface area contributed by atoms with Gasteiger partial charge in [0.1, 0.15) is 12.4 Å². The van der Waals surface area contributed by atoms with Gasteiger partial charge in [-0.25, -0.2) is 9.78 Å². The summed E-state index contributed by atoms with van der Waals surface area (Å²) in [6.45, 7) is 1.84. The molecule has 1 N–H and O–H groups in total. The Morgan fingerprint density at radius 1 is 1.21 bits per heavy atom. The van der Waals surface area contributed by atoms with E-state index in [4.69, 9.17) is 14.1 Å². The van der Waals surface area contributed by atoms with E-state index < -0.39 is 0 Å². The fourth-order valence-corrected chi connectivity index (χ4v) is 3.70. The number of pyridine rings is 1. The molecule has 2 aromatic heterocycles. The highest BCUT2D eigenvalue weighted by atomic mass is 16.5. The van der Waals surface area contributed by atoms with Gasteiger partial charge >= 0.3 is 5.97 Å². The van der Waals surface area contributed by atoms with Crippen molar-refractivity contribution in [3.05, 3.63) is 65.2 Å². The summed E-state index contributed by atoms with van der Waals surface area (Å²) in [7, 11) is 0. The third-order valence-corrected chi connectivity index (χ3v) is 4.94. The number of furan rings is 1. The Labute approximate surface area is 168 Å². The second kappa shape index (κ2) is 8.31. The summed E-state index contributed by atoms with van der Waals surface area (Å²) in [5.41, 5.74) is 4.13. The molecular formula is C23H22N2O4. The second-order valence-electron chi connectivity index (χ2n) is 6.99. The Morgan fingerprint density at radius 3 is 2.86 bits per heavy atom. The van der Waals surface area contributed by atoms with Gasteiger partial charge in [0.2, 0.25) is 5.91 Å². The molecule has 6 heteroatoms. The Balaban J connectivity index is 1.75. The minimum Gasteiger partial charge on any atom is -0.465 e. The lowest BCUT2D eigenvalue weighted by Crippen LogP contribution is -2.26. The summed E-state index contributed by atoms with van der Waals surface area (Å²) in [6, 6.07) is 11.4. The number of nitrogens with one attached hydrogen (secondary N) is 1. The van der Waals surface area contributed by atoms with Gasteiger partial charge in [0, 0.05) is 12.3 Å². The van der Waals surface area contributed by atoms with Crippen molar-refractivity contribution >= 4 is 34.4 Å². The molecule has 0 atom stereocenters. The first-order valence-corrected chi connectivity index (χ1v) is 9.71. The fraction of sp³-hybridized carbons (Fsp3) is 0.261. The first kappa shape index (κ1) is 18.9. The van der Waals surface area contributed by atoms with Crippen molar-refractivity contribution in [1.82, 2.24) is 10.3 Å². The lowest BCUT2D eigenvalue weighted by atomic mass is 9.86. The number of esters is 1. The van der Waals surface area contributed by atoms with Gasteiger partial charge < -0.3 is 14.5 Å².